The van der Waals surface area contributed by atoms with Crippen molar-refractivity contribution in [2.45, 2.75) is 12.8 Å². The lowest BCUT2D eigenvalue weighted by Crippen LogP contribution is -2.35. The molecule has 0 aliphatic carbocycles. The highest BCUT2D eigenvalue weighted by atomic mass is 16.2. The highest BCUT2D eigenvalue weighted by Crippen LogP contribution is 2.15. The lowest BCUT2D eigenvalue weighted by molar-refractivity contribution is -0.132. The van der Waals surface area contributed by atoms with Crippen molar-refractivity contribution < 1.29 is 4.79 Å². The van der Waals surface area contributed by atoms with Crippen molar-refractivity contribution in [1.29, 1.82) is 0 Å². The summed E-state index contributed by atoms with van der Waals surface area (Å²) in [6.45, 7) is 0.813. The molecular formula is C8H11NO. The number of carbonyl (C=O) groups excluding carboxylic acids is 1. The molecule has 1 saturated heterocycles. The fourth-order valence-corrected chi connectivity index (χ4v) is 1.09. The highest BCUT2D eigenvalue weighted by molar-refractivity contribution is 5.77. The molecule has 2 heteroatoms. The van der Waals surface area contributed by atoms with Crippen molar-refractivity contribution >= 4 is 5.91 Å². The van der Waals surface area contributed by atoms with E-state index < -0.39 is 0 Å². The summed E-state index contributed by atoms with van der Waals surface area (Å²) in [6.07, 6.45) is 6.68. The molecule has 0 spiro atoms. The zero-order valence-corrected chi connectivity index (χ0v) is 6.13. The summed E-state index contributed by atoms with van der Waals surface area (Å²) in [6, 6.07) is 0. The summed E-state index contributed by atoms with van der Waals surface area (Å²) in [7, 11) is 1.81. The van der Waals surface area contributed by atoms with E-state index in [0.717, 1.165) is 13.0 Å². The molecule has 0 aromatic rings. The van der Waals surface area contributed by atoms with Gasteiger partial charge in [-0.15, -0.1) is 12.3 Å². The topological polar surface area (TPSA) is 20.3 Å². The van der Waals surface area contributed by atoms with Gasteiger partial charge in [0.05, 0.1) is 0 Å². The first-order valence-corrected chi connectivity index (χ1v) is 3.44. The van der Waals surface area contributed by atoms with E-state index in [1.165, 1.54) is 0 Å². The predicted molar refractivity (Wildman–Crippen MR) is 39.2 cm³/mol. The molecule has 1 rings (SSSR count). The van der Waals surface area contributed by atoms with Crippen LogP contribution in [0, 0.1) is 18.3 Å². The number of hydrogen-bond acceptors (Lipinski definition) is 1. The maximum absolute atomic E-state index is 11.0. The molecule has 0 radical (unpaired) electrons. The van der Waals surface area contributed by atoms with Crippen LogP contribution in [0.25, 0.3) is 0 Å². The average molecular weight is 137 g/mol. The summed E-state index contributed by atoms with van der Waals surface area (Å²) < 4.78 is 0. The minimum Gasteiger partial charge on any atom is -0.346 e. The van der Waals surface area contributed by atoms with Crippen LogP contribution in [-0.2, 0) is 4.79 Å². The van der Waals surface area contributed by atoms with Gasteiger partial charge in [0, 0.05) is 25.9 Å². The third kappa shape index (κ3) is 1.30. The Labute approximate surface area is 61.2 Å². The van der Waals surface area contributed by atoms with Gasteiger partial charge in [-0.3, -0.25) is 4.79 Å². The normalized spacial score (nSPS) is 26.2. The van der Waals surface area contributed by atoms with Crippen molar-refractivity contribution in [1.82, 2.24) is 4.90 Å². The van der Waals surface area contributed by atoms with Gasteiger partial charge in [0.2, 0.25) is 5.91 Å². The Morgan fingerprint density at radius 2 is 2.50 bits per heavy atom. The molecule has 1 atom stereocenters. The van der Waals surface area contributed by atoms with Crippen molar-refractivity contribution in [2.75, 3.05) is 13.6 Å². The summed E-state index contributed by atoms with van der Waals surface area (Å²) >= 11 is 0. The fourth-order valence-electron chi connectivity index (χ4n) is 1.09. The van der Waals surface area contributed by atoms with E-state index in [4.69, 9.17) is 6.42 Å². The SMILES string of the molecule is C#CC1CCN(C)C(=O)C1. The first kappa shape index (κ1) is 7.14. The molecular weight excluding hydrogens is 126 g/mol. The molecule has 1 aliphatic rings. The van der Waals surface area contributed by atoms with Crippen molar-refractivity contribution in [3.63, 3.8) is 0 Å². The average Bonchev–Trinajstić information content (AvgIpc) is 1.95. The molecule has 0 aromatic heterocycles. The summed E-state index contributed by atoms with van der Waals surface area (Å²) in [4.78, 5) is 12.7. The van der Waals surface area contributed by atoms with Crippen LogP contribution in [0.5, 0.6) is 0 Å². The molecule has 1 aliphatic heterocycles. The van der Waals surface area contributed by atoms with Crippen molar-refractivity contribution in [3.05, 3.63) is 0 Å². The molecule has 0 saturated carbocycles. The molecule has 1 amide bonds. The summed E-state index contributed by atoms with van der Waals surface area (Å²) in [5.74, 6) is 2.97. The largest absolute Gasteiger partial charge is 0.346 e. The molecule has 0 N–H and O–H groups in total. The van der Waals surface area contributed by atoms with E-state index in [0.29, 0.717) is 6.42 Å². The molecule has 2 nitrogen and oxygen atoms in total. The first-order chi connectivity index (χ1) is 4.74. The van der Waals surface area contributed by atoms with Gasteiger partial charge < -0.3 is 4.90 Å². The molecule has 1 fully saturated rings. The monoisotopic (exact) mass is 137 g/mol. The number of likely N-dealkylation sites (tertiary alicyclic amines) is 1. The minimum absolute atomic E-state index is 0.175. The molecule has 0 bridgehead atoms. The van der Waals surface area contributed by atoms with Crippen molar-refractivity contribution in [3.8, 4) is 12.3 Å². The van der Waals surface area contributed by atoms with Gasteiger partial charge in [-0.2, -0.15) is 0 Å². The lowest BCUT2D eigenvalue weighted by Gasteiger charge is -2.25. The van der Waals surface area contributed by atoms with Crippen LogP contribution in [0.4, 0.5) is 0 Å². The Bertz CT molecular complexity index is 180. The zero-order chi connectivity index (χ0) is 7.56. The maximum atomic E-state index is 11.0. The Morgan fingerprint density at radius 3 is 3.00 bits per heavy atom. The number of carbonyl (C=O) groups is 1. The predicted octanol–water partition coefficient (Wildman–Crippen LogP) is 0.488. The number of nitrogens with zero attached hydrogens (tertiary/aromatic N) is 1. The Hall–Kier alpha value is -0.970. The maximum Gasteiger partial charge on any atom is 0.223 e. The smallest absolute Gasteiger partial charge is 0.223 e. The van der Waals surface area contributed by atoms with E-state index in [-0.39, 0.29) is 11.8 Å². The third-order valence-electron chi connectivity index (χ3n) is 1.90. The van der Waals surface area contributed by atoms with Crippen molar-refractivity contribution in [2.24, 2.45) is 5.92 Å². The molecule has 0 aromatic carbocycles. The van der Waals surface area contributed by atoms with Crippen LogP contribution >= 0.6 is 0 Å². The van der Waals surface area contributed by atoms with Gasteiger partial charge in [0.25, 0.3) is 0 Å². The Kier molecular flexibility index (Phi) is 1.96. The molecule has 10 heavy (non-hydrogen) atoms. The minimum atomic E-state index is 0.175. The second-order valence-electron chi connectivity index (χ2n) is 2.67. The van der Waals surface area contributed by atoms with Gasteiger partial charge in [-0.05, 0) is 6.42 Å². The number of amides is 1. The lowest BCUT2D eigenvalue weighted by atomic mass is 9.98. The van der Waals surface area contributed by atoms with Gasteiger partial charge in [0.1, 0.15) is 0 Å². The van der Waals surface area contributed by atoms with Crippen LogP contribution < -0.4 is 0 Å². The standard InChI is InChI=1S/C8H11NO/c1-3-7-4-5-9(2)8(10)6-7/h1,7H,4-6H2,2H3. The second kappa shape index (κ2) is 2.74. The number of piperidine rings is 1. The number of hydrogen-bond donors (Lipinski definition) is 0. The van der Waals surface area contributed by atoms with Gasteiger partial charge >= 0.3 is 0 Å². The Morgan fingerprint density at radius 1 is 1.80 bits per heavy atom. The quantitative estimate of drug-likeness (QED) is 0.445. The molecule has 1 heterocycles. The van der Waals surface area contributed by atoms with Crippen LogP contribution in [0.3, 0.4) is 0 Å². The van der Waals surface area contributed by atoms with Crippen LogP contribution in [0.15, 0.2) is 0 Å². The fraction of sp³-hybridized carbons (Fsp3) is 0.625. The van der Waals surface area contributed by atoms with Crippen LogP contribution in [0.2, 0.25) is 0 Å². The summed E-state index contributed by atoms with van der Waals surface area (Å²) in [5, 5.41) is 0. The second-order valence-corrected chi connectivity index (χ2v) is 2.67. The van der Waals surface area contributed by atoms with Crippen LogP contribution in [-0.4, -0.2) is 24.4 Å². The Balaban J connectivity index is 2.50. The van der Waals surface area contributed by atoms with Gasteiger partial charge in [-0.25, -0.2) is 0 Å². The first-order valence-electron chi connectivity index (χ1n) is 3.44. The number of terminal acetylenes is 1. The van der Waals surface area contributed by atoms with Crippen LogP contribution in [0.1, 0.15) is 12.8 Å². The van der Waals surface area contributed by atoms with E-state index in [2.05, 4.69) is 5.92 Å². The zero-order valence-electron chi connectivity index (χ0n) is 6.13. The van der Waals surface area contributed by atoms with E-state index >= 15 is 0 Å². The van der Waals surface area contributed by atoms with E-state index in [9.17, 15) is 4.79 Å². The molecule has 1 unspecified atom stereocenters. The van der Waals surface area contributed by atoms with E-state index in [1.807, 2.05) is 7.05 Å². The van der Waals surface area contributed by atoms with E-state index in [1.54, 1.807) is 4.90 Å². The molecule has 54 valence electrons. The number of rotatable bonds is 0. The third-order valence-corrected chi connectivity index (χ3v) is 1.90. The van der Waals surface area contributed by atoms with Gasteiger partial charge in [0.15, 0.2) is 0 Å². The van der Waals surface area contributed by atoms with Gasteiger partial charge in [-0.1, -0.05) is 0 Å². The highest BCUT2D eigenvalue weighted by Gasteiger charge is 2.20. The summed E-state index contributed by atoms with van der Waals surface area (Å²) in [5.41, 5.74) is 0.